The molecule has 0 spiro atoms. The van der Waals surface area contributed by atoms with E-state index in [9.17, 15) is 0 Å². The first-order valence-electron chi connectivity index (χ1n) is 8.10. The van der Waals surface area contributed by atoms with E-state index in [-0.39, 0.29) is 11.2 Å². The van der Waals surface area contributed by atoms with Crippen LogP contribution >= 0.6 is 11.6 Å². The van der Waals surface area contributed by atoms with Crippen LogP contribution in [-0.4, -0.2) is 18.3 Å². The van der Waals surface area contributed by atoms with Gasteiger partial charge < -0.3 is 14.0 Å². The highest BCUT2D eigenvalue weighted by molar-refractivity contribution is 6.62. The number of rotatable bonds is 4. The minimum Gasteiger partial charge on any atom is -0.487 e. The SMILES string of the molecule is CC1(C)OB(c2ccc(Cl)c(OCc3ccccc3)c2)OC1(C)C. The molecule has 3 nitrogen and oxygen atoms in total. The molecule has 0 unspecified atom stereocenters. The Morgan fingerprint density at radius 1 is 0.958 bits per heavy atom. The maximum Gasteiger partial charge on any atom is 0.494 e. The molecular weight excluding hydrogens is 322 g/mol. The van der Waals surface area contributed by atoms with Crippen LogP contribution in [0.15, 0.2) is 48.5 Å². The molecule has 0 radical (unpaired) electrons. The zero-order valence-electron chi connectivity index (χ0n) is 14.5. The summed E-state index contributed by atoms with van der Waals surface area (Å²) < 4.78 is 18.1. The van der Waals surface area contributed by atoms with Gasteiger partial charge in [-0.05, 0) is 50.9 Å². The van der Waals surface area contributed by atoms with Gasteiger partial charge in [-0.2, -0.15) is 0 Å². The van der Waals surface area contributed by atoms with Gasteiger partial charge in [0, 0.05) is 0 Å². The molecule has 1 fully saturated rings. The van der Waals surface area contributed by atoms with Crippen molar-refractivity contribution in [3.05, 3.63) is 59.1 Å². The van der Waals surface area contributed by atoms with Gasteiger partial charge in [-0.15, -0.1) is 0 Å². The Morgan fingerprint density at radius 3 is 2.21 bits per heavy atom. The van der Waals surface area contributed by atoms with Crippen molar-refractivity contribution < 1.29 is 14.0 Å². The van der Waals surface area contributed by atoms with Crippen molar-refractivity contribution in [2.24, 2.45) is 0 Å². The lowest BCUT2D eigenvalue weighted by molar-refractivity contribution is 0.00578. The molecule has 24 heavy (non-hydrogen) atoms. The Labute approximate surface area is 149 Å². The van der Waals surface area contributed by atoms with Crippen molar-refractivity contribution >= 4 is 24.2 Å². The summed E-state index contributed by atoms with van der Waals surface area (Å²) in [5.41, 5.74) is 1.25. The third kappa shape index (κ3) is 3.46. The van der Waals surface area contributed by atoms with E-state index >= 15 is 0 Å². The van der Waals surface area contributed by atoms with E-state index in [1.54, 1.807) is 0 Å². The maximum absolute atomic E-state index is 6.27. The molecule has 0 aromatic heterocycles. The lowest BCUT2D eigenvalue weighted by atomic mass is 9.79. The minimum atomic E-state index is -0.425. The van der Waals surface area contributed by atoms with Crippen molar-refractivity contribution in [1.29, 1.82) is 0 Å². The summed E-state index contributed by atoms with van der Waals surface area (Å²) in [6.45, 7) is 8.62. The first kappa shape index (κ1) is 17.3. The van der Waals surface area contributed by atoms with Crippen molar-refractivity contribution in [2.75, 3.05) is 0 Å². The van der Waals surface area contributed by atoms with Gasteiger partial charge in [0.15, 0.2) is 0 Å². The van der Waals surface area contributed by atoms with Crippen LogP contribution in [0.25, 0.3) is 0 Å². The highest BCUT2D eigenvalue weighted by atomic mass is 35.5. The summed E-state index contributed by atoms with van der Waals surface area (Å²) >= 11 is 6.27. The molecule has 1 aliphatic heterocycles. The quantitative estimate of drug-likeness (QED) is 0.777. The summed E-state index contributed by atoms with van der Waals surface area (Å²) in [5, 5.41) is 0.575. The zero-order chi connectivity index (χ0) is 17.4. The van der Waals surface area contributed by atoms with Gasteiger partial charge in [-0.25, -0.2) is 0 Å². The summed E-state index contributed by atoms with van der Waals surface area (Å²) in [7, 11) is -0.425. The van der Waals surface area contributed by atoms with Gasteiger partial charge in [0.2, 0.25) is 0 Å². The van der Waals surface area contributed by atoms with Crippen LogP contribution in [0.4, 0.5) is 0 Å². The lowest BCUT2D eigenvalue weighted by Gasteiger charge is -2.32. The maximum atomic E-state index is 6.27. The van der Waals surface area contributed by atoms with E-state index in [4.69, 9.17) is 25.6 Å². The second-order valence-electron chi connectivity index (χ2n) is 7.05. The summed E-state index contributed by atoms with van der Waals surface area (Å²) in [5.74, 6) is 0.632. The molecule has 1 saturated heterocycles. The van der Waals surface area contributed by atoms with Crippen molar-refractivity contribution in [1.82, 2.24) is 0 Å². The highest BCUT2D eigenvalue weighted by Crippen LogP contribution is 2.37. The highest BCUT2D eigenvalue weighted by Gasteiger charge is 2.51. The standard InChI is InChI=1S/C19H22BClO3/c1-18(2)19(3,4)24-20(23-18)15-10-11-16(21)17(12-15)22-13-14-8-6-5-7-9-14/h5-12H,13H2,1-4H3. The minimum absolute atomic E-state index is 0.373. The average molecular weight is 345 g/mol. The molecule has 3 rings (SSSR count). The van der Waals surface area contributed by atoms with E-state index in [0.717, 1.165) is 11.0 Å². The zero-order valence-corrected chi connectivity index (χ0v) is 15.3. The molecule has 126 valence electrons. The van der Waals surface area contributed by atoms with Gasteiger partial charge >= 0.3 is 7.12 Å². The normalized spacial score (nSPS) is 18.6. The predicted octanol–water partition coefficient (Wildman–Crippen LogP) is 4.22. The van der Waals surface area contributed by atoms with E-state index in [1.165, 1.54) is 0 Å². The summed E-state index contributed by atoms with van der Waals surface area (Å²) in [4.78, 5) is 0. The molecule has 0 atom stereocenters. The molecular formula is C19H22BClO3. The Bertz CT molecular complexity index is 700. The fraction of sp³-hybridized carbons (Fsp3) is 0.368. The third-order valence-electron chi connectivity index (χ3n) is 4.72. The molecule has 2 aromatic carbocycles. The van der Waals surface area contributed by atoms with E-state index in [2.05, 4.69) is 0 Å². The third-order valence-corrected chi connectivity index (χ3v) is 5.03. The van der Waals surface area contributed by atoms with E-state index in [0.29, 0.717) is 17.4 Å². The van der Waals surface area contributed by atoms with Crippen LogP contribution in [0, 0.1) is 0 Å². The summed E-state index contributed by atoms with van der Waals surface area (Å²) in [6.07, 6.45) is 0. The number of halogens is 1. The Kier molecular flexibility index (Phi) is 4.65. The van der Waals surface area contributed by atoms with Crippen LogP contribution in [0.2, 0.25) is 5.02 Å². The Hall–Kier alpha value is -1.49. The van der Waals surface area contributed by atoms with Crippen LogP contribution in [-0.2, 0) is 15.9 Å². The van der Waals surface area contributed by atoms with Crippen LogP contribution < -0.4 is 10.2 Å². The van der Waals surface area contributed by atoms with Gasteiger partial charge in [-0.1, -0.05) is 48.0 Å². The molecule has 0 saturated carbocycles. The number of benzene rings is 2. The van der Waals surface area contributed by atoms with Gasteiger partial charge in [0.25, 0.3) is 0 Å². The van der Waals surface area contributed by atoms with Gasteiger partial charge in [0.05, 0.1) is 16.2 Å². The van der Waals surface area contributed by atoms with Crippen LogP contribution in [0.5, 0.6) is 5.75 Å². The first-order valence-corrected chi connectivity index (χ1v) is 8.48. The molecule has 0 bridgehead atoms. The van der Waals surface area contributed by atoms with Crippen molar-refractivity contribution in [2.45, 2.75) is 45.5 Å². The van der Waals surface area contributed by atoms with Crippen LogP contribution in [0.3, 0.4) is 0 Å². The second kappa shape index (κ2) is 6.43. The topological polar surface area (TPSA) is 27.7 Å². The molecule has 0 N–H and O–H groups in total. The van der Waals surface area contributed by atoms with E-state index in [1.807, 2.05) is 76.2 Å². The molecule has 0 aliphatic carbocycles. The van der Waals surface area contributed by atoms with Gasteiger partial charge in [-0.3, -0.25) is 0 Å². The molecule has 1 heterocycles. The largest absolute Gasteiger partial charge is 0.494 e. The fourth-order valence-corrected chi connectivity index (χ4v) is 2.66. The lowest BCUT2D eigenvalue weighted by Crippen LogP contribution is -2.41. The average Bonchev–Trinajstić information content (AvgIpc) is 2.75. The number of hydrogen-bond donors (Lipinski definition) is 0. The smallest absolute Gasteiger partial charge is 0.487 e. The number of ether oxygens (including phenoxy) is 1. The predicted molar refractivity (Wildman–Crippen MR) is 97.9 cm³/mol. The number of hydrogen-bond acceptors (Lipinski definition) is 3. The second-order valence-corrected chi connectivity index (χ2v) is 7.46. The monoisotopic (exact) mass is 344 g/mol. The van der Waals surface area contributed by atoms with Crippen molar-refractivity contribution in [3.8, 4) is 5.75 Å². The van der Waals surface area contributed by atoms with Crippen LogP contribution in [0.1, 0.15) is 33.3 Å². The van der Waals surface area contributed by atoms with Gasteiger partial charge in [0.1, 0.15) is 12.4 Å². The molecule has 5 heteroatoms. The Morgan fingerprint density at radius 2 is 1.58 bits per heavy atom. The Balaban J connectivity index is 1.77. The van der Waals surface area contributed by atoms with Crippen molar-refractivity contribution in [3.63, 3.8) is 0 Å². The fourth-order valence-electron chi connectivity index (χ4n) is 2.49. The first-order chi connectivity index (χ1) is 11.3. The summed E-state index contributed by atoms with van der Waals surface area (Å²) in [6, 6.07) is 15.6. The molecule has 1 aliphatic rings. The molecule has 2 aromatic rings. The van der Waals surface area contributed by atoms with E-state index < -0.39 is 7.12 Å². The molecule has 0 amide bonds.